The molecule has 0 bridgehead atoms. The minimum atomic E-state index is 0.399. The molecule has 0 saturated carbocycles. The van der Waals surface area contributed by atoms with Gasteiger partial charge in [0.2, 0.25) is 0 Å². The summed E-state index contributed by atoms with van der Waals surface area (Å²) in [4.78, 5) is 12.1. The highest BCUT2D eigenvalue weighted by Gasteiger charge is 2.06. The van der Waals surface area contributed by atoms with Crippen LogP contribution in [0.5, 0.6) is 0 Å². The number of halogens is 1. The molecular weight excluding hydrogens is 612 g/mol. The number of fused-ring (bicyclic) bond motifs is 2. The fourth-order valence-corrected chi connectivity index (χ4v) is 4.85. The van der Waals surface area contributed by atoms with Gasteiger partial charge >= 0.3 is 0 Å². The van der Waals surface area contributed by atoms with Gasteiger partial charge in [0.1, 0.15) is 0 Å². The zero-order valence-corrected chi connectivity index (χ0v) is 28.9. The second-order valence-electron chi connectivity index (χ2n) is 10.6. The summed E-state index contributed by atoms with van der Waals surface area (Å²) in [6, 6.07) is 25.5. The standard InChI is InChI=1S/C16H20N4.C13H14ClN.C3H7N3.C2H6N4/c1-20(2)16-11-6-9-14-13(8-5-10-15(14)16)7-3-4-12-18-19-17;1-15(2)13-8-4-6-11-10(9-14)5-3-7-12(11)13;1-2-3-5-6-4;3-1-2-5-6-4/h5-6,8-11H,3-4,7,12H2,1-2H3;3-8H,9H2,1-2H3;2-3H2,1H3;1-3H2. The Labute approximate surface area is 283 Å². The van der Waals surface area contributed by atoms with Crippen LogP contribution in [-0.2, 0) is 12.3 Å². The van der Waals surface area contributed by atoms with Crippen molar-refractivity contribution < 1.29 is 0 Å². The molecule has 0 fully saturated rings. The SMILES string of the molecule is CCCN=[N+]=[N-].CN(C)c1cccc2c(CCCCN=[N+]=[N-])cccc12.CN(C)c1cccc2c(CCl)cccc12.[N-]=[N+]=NCCN. The Balaban J connectivity index is 0.000000358. The number of alkyl halides is 1. The van der Waals surface area contributed by atoms with Gasteiger partial charge in [0, 0.05) is 90.6 Å². The van der Waals surface area contributed by atoms with E-state index in [0.717, 1.165) is 25.7 Å². The summed E-state index contributed by atoms with van der Waals surface area (Å²) in [6.07, 6.45) is 3.94. The average molecular weight is 659 g/mol. The Morgan fingerprint density at radius 3 is 1.49 bits per heavy atom. The predicted octanol–water partition coefficient (Wildman–Crippen LogP) is 10.1. The van der Waals surface area contributed by atoms with Crippen LogP contribution in [0.15, 0.2) is 88.1 Å². The third kappa shape index (κ3) is 14.4. The van der Waals surface area contributed by atoms with E-state index in [1.807, 2.05) is 6.92 Å². The van der Waals surface area contributed by atoms with Gasteiger partial charge in [0.25, 0.3) is 0 Å². The first-order chi connectivity index (χ1) is 22.8. The van der Waals surface area contributed by atoms with Crippen LogP contribution in [0.1, 0.15) is 37.3 Å². The Kier molecular flexibility index (Phi) is 20.9. The number of hydrogen-bond acceptors (Lipinski definition) is 6. The van der Waals surface area contributed by atoms with Gasteiger partial charge in [-0.25, -0.2) is 0 Å². The summed E-state index contributed by atoms with van der Waals surface area (Å²) in [6.45, 7) is 4.01. The number of benzene rings is 4. The largest absolute Gasteiger partial charge is 0.377 e. The number of nitrogens with zero attached hydrogens (tertiary/aromatic N) is 11. The van der Waals surface area contributed by atoms with Crippen molar-refractivity contribution in [3.8, 4) is 0 Å². The summed E-state index contributed by atoms with van der Waals surface area (Å²) >= 11 is 5.92. The molecule has 0 aliphatic rings. The molecule has 47 heavy (non-hydrogen) atoms. The van der Waals surface area contributed by atoms with E-state index in [2.05, 4.69) is 141 Å². The maximum atomic E-state index is 8.26. The molecule has 0 aliphatic heterocycles. The van der Waals surface area contributed by atoms with Crippen molar-refractivity contribution in [2.45, 2.75) is 38.5 Å². The summed E-state index contributed by atoms with van der Waals surface area (Å²) in [5.74, 6) is 0.564. The molecule has 0 atom stereocenters. The van der Waals surface area contributed by atoms with Crippen molar-refractivity contribution in [2.24, 2.45) is 21.1 Å². The van der Waals surface area contributed by atoms with Crippen molar-refractivity contribution in [3.63, 3.8) is 0 Å². The Hall–Kier alpha value is -4.82. The van der Waals surface area contributed by atoms with E-state index < -0.39 is 0 Å². The van der Waals surface area contributed by atoms with Crippen LogP contribution in [0.3, 0.4) is 0 Å². The van der Waals surface area contributed by atoms with Gasteiger partial charge in [-0.15, -0.1) is 11.6 Å². The molecule has 0 unspecified atom stereocenters. The van der Waals surface area contributed by atoms with Crippen molar-refractivity contribution in [1.29, 1.82) is 0 Å². The normalized spacial score (nSPS) is 9.51. The molecular formula is C34H47ClN12. The summed E-state index contributed by atoms with van der Waals surface area (Å²) in [5.41, 5.74) is 33.5. The van der Waals surface area contributed by atoms with Gasteiger partial charge in [-0.05, 0) is 76.4 Å². The zero-order chi connectivity index (χ0) is 34.9. The van der Waals surface area contributed by atoms with E-state index in [-0.39, 0.29) is 0 Å². The van der Waals surface area contributed by atoms with Crippen molar-refractivity contribution in [1.82, 2.24) is 0 Å². The fraction of sp³-hybridized carbons (Fsp3) is 0.412. The number of unbranched alkanes of at least 4 members (excludes halogenated alkanes) is 1. The van der Waals surface area contributed by atoms with E-state index in [1.165, 1.54) is 44.0 Å². The molecule has 0 amide bonds. The molecule has 0 radical (unpaired) electrons. The number of nitrogens with two attached hydrogens (primary N) is 1. The van der Waals surface area contributed by atoms with Crippen LogP contribution >= 0.6 is 11.6 Å². The molecule has 13 heteroatoms. The quantitative estimate of drug-likeness (QED) is 0.0524. The summed E-state index contributed by atoms with van der Waals surface area (Å²) < 4.78 is 0. The molecule has 0 aliphatic carbocycles. The van der Waals surface area contributed by atoms with Gasteiger partial charge in [0.15, 0.2) is 0 Å². The topological polar surface area (TPSA) is 179 Å². The molecule has 4 aromatic rings. The Bertz CT molecular complexity index is 1620. The lowest BCUT2D eigenvalue weighted by Gasteiger charge is -2.16. The predicted molar refractivity (Wildman–Crippen MR) is 200 cm³/mol. The molecule has 12 nitrogen and oxygen atoms in total. The van der Waals surface area contributed by atoms with Gasteiger partial charge in [0.05, 0.1) is 0 Å². The fourth-order valence-electron chi connectivity index (χ4n) is 4.62. The van der Waals surface area contributed by atoms with Crippen LogP contribution < -0.4 is 15.5 Å². The molecule has 0 spiro atoms. The van der Waals surface area contributed by atoms with Crippen molar-refractivity contribution in [3.05, 3.63) is 115 Å². The van der Waals surface area contributed by atoms with Crippen LogP contribution in [-0.4, -0.2) is 54.4 Å². The van der Waals surface area contributed by atoms with E-state index in [1.54, 1.807) is 0 Å². The molecule has 4 rings (SSSR count). The third-order valence-corrected chi connectivity index (χ3v) is 7.07. The number of azide groups is 3. The second-order valence-corrected chi connectivity index (χ2v) is 10.9. The van der Waals surface area contributed by atoms with Crippen LogP contribution in [0.4, 0.5) is 11.4 Å². The number of hydrogen-bond donors (Lipinski definition) is 1. The Morgan fingerprint density at radius 2 is 1.06 bits per heavy atom. The van der Waals surface area contributed by atoms with Gasteiger partial charge in [-0.3, -0.25) is 0 Å². The highest BCUT2D eigenvalue weighted by Crippen LogP contribution is 2.29. The molecule has 0 heterocycles. The third-order valence-electron chi connectivity index (χ3n) is 6.78. The maximum absolute atomic E-state index is 8.26. The number of anilines is 2. The zero-order valence-electron chi connectivity index (χ0n) is 28.2. The smallest absolute Gasteiger partial charge is 0.0480 e. The van der Waals surface area contributed by atoms with Gasteiger partial charge in [-0.1, -0.05) is 89.4 Å². The lowest BCUT2D eigenvalue weighted by Crippen LogP contribution is -2.09. The first-order valence-corrected chi connectivity index (χ1v) is 16.0. The van der Waals surface area contributed by atoms with E-state index in [0.29, 0.717) is 32.1 Å². The minimum absolute atomic E-state index is 0.399. The highest BCUT2D eigenvalue weighted by molar-refractivity contribution is 6.18. The van der Waals surface area contributed by atoms with E-state index in [9.17, 15) is 0 Å². The van der Waals surface area contributed by atoms with Crippen molar-refractivity contribution >= 4 is 44.5 Å². The number of rotatable bonds is 12. The molecule has 0 saturated heterocycles. The van der Waals surface area contributed by atoms with Crippen LogP contribution in [0.2, 0.25) is 0 Å². The van der Waals surface area contributed by atoms with Crippen LogP contribution in [0, 0.1) is 0 Å². The molecule has 0 aromatic heterocycles. The van der Waals surface area contributed by atoms with E-state index in [4.69, 9.17) is 33.9 Å². The van der Waals surface area contributed by atoms with Gasteiger partial charge < -0.3 is 15.5 Å². The highest BCUT2D eigenvalue weighted by atomic mass is 35.5. The summed E-state index contributed by atoms with van der Waals surface area (Å²) in [7, 11) is 8.26. The summed E-state index contributed by atoms with van der Waals surface area (Å²) in [5, 5.41) is 15.1. The maximum Gasteiger partial charge on any atom is 0.0480 e. The number of aryl methyl sites for hydroxylation is 1. The molecule has 4 aromatic carbocycles. The van der Waals surface area contributed by atoms with Crippen LogP contribution in [0.25, 0.3) is 52.9 Å². The average Bonchev–Trinajstić information content (AvgIpc) is 3.09. The van der Waals surface area contributed by atoms with Crippen molar-refractivity contribution in [2.75, 3.05) is 64.2 Å². The first kappa shape index (κ1) is 40.2. The Morgan fingerprint density at radius 1 is 0.617 bits per heavy atom. The van der Waals surface area contributed by atoms with E-state index >= 15 is 0 Å². The molecule has 2 N–H and O–H groups in total. The molecule has 250 valence electrons. The van der Waals surface area contributed by atoms with Gasteiger partial charge in [-0.2, -0.15) is 0 Å². The first-order valence-electron chi connectivity index (χ1n) is 15.5. The monoisotopic (exact) mass is 658 g/mol. The lowest BCUT2D eigenvalue weighted by molar-refractivity contribution is 0.744. The minimum Gasteiger partial charge on any atom is -0.377 e. The second kappa shape index (κ2) is 24.4. The lowest BCUT2D eigenvalue weighted by atomic mass is 9.99.